The second kappa shape index (κ2) is 9.35. The molecule has 1 heterocycles. The van der Waals surface area contributed by atoms with Crippen LogP contribution < -0.4 is 5.32 Å². The minimum absolute atomic E-state index is 0.364. The zero-order chi connectivity index (χ0) is 18.1. The van der Waals surface area contributed by atoms with Gasteiger partial charge in [0.1, 0.15) is 0 Å². The number of thiocarbonyl (C=S) groups is 1. The lowest BCUT2D eigenvalue weighted by atomic mass is 10.2. The van der Waals surface area contributed by atoms with Crippen molar-refractivity contribution >= 4 is 29.0 Å². The fourth-order valence-corrected chi connectivity index (χ4v) is 2.43. The monoisotopic (exact) mass is 354 g/mol. The lowest BCUT2D eigenvalue weighted by molar-refractivity contribution is 0.0601. The highest BCUT2D eigenvalue weighted by molar-refractivity contribution is 7.80. The van der Waals surface area contributed by atoms with Crippen molar-refractivity contribution in [2.75, 3.05) is 19.0 Å². The number of aromatic nitrogens is 1. The topological polar surface area (TPSA) is 78.2 Å². The van der Waals surface area contributed by atoms with Crippen LogP contribution in [0.2, 0.25) is 0 Å². The molecule has 0 saturated carbocycles. The van der Waals surface area contributed by atoms with E-state index in [0.29, 0.717) is 30.2 Å². The molecule has 0 fully saturated rings. The lowest BCUT2D eigenvalue weighted by Gasteiger charge is -2.25. The van der Waals surface area contributed by atoms with Crippen LogP contribution in [0, 0.1) is 11.3 Å². The fourth-order valence-electron chi connectivity index (χ4n) is 2.16. The van der Waals surface area contributed by atoms with Crippen molar-refractivity contribution in [2.24, 2.45) is 0 Å². The molecule has 0 spiro atoms. The zero-order valence-electron chi connectivity index (χ0n) is 13.8. The molecule has 0 unspecified atom stereocenters. The number of pyridine rings is 1. The Hall–Kier alpha value is -2.98. The Morgan fingerprint density at radius 1 is 1.36 bits per heavy atom. The Bertz CT molecular complexity index is 757. The van der Waals surface area contributed by atoms with E-state index in [1.54, 1.807) is 36.7 Å². The van der Waals surface area contributed by atoms with Crippen molar-refractivity contribution in [3.05, 3.63) is 59.9 Å². The van der Waals surface area contributed by atoms with Crippen LogP contribution in [-0.2, 0) is 11.3 Å². The summed E-state index contributed by atoms with van der Waals surface area (Å²) in [6, 6.07) is 12.8. The number of nitrogens with zero attached hydrogens (tertiary/aromatic N) is 3. The Kier molecular flexibility index (Phi) is 6.87. The van der Waals surface area contributed by atoms with Crippen LogP contribution in [0.3, 0.4) is 0 Å². The molecule has 128 valence electrons. The number of nitrogens with one attached hydrogen (secondary N) is 1. The van der Waals surface area contributed by atoms with Gasteiger partial charge in [-0.2, -0.15) is 5.26 Å². The summed E-state index contributed by atoms with van der Waals surface area (Å²) in [7, 11) is 1.34. The molecule has 0 aliphatic carbocycles. The Morgan fingerprint density at radius 3 is 2.72 bits per heavy atom. The van der Waals surface area contributed by atoms with E-state index in [0.717, 1.165) is 11.3 Å². The minimum atomic E-state index is -0.388. The van der Waals surface area contributed by atoms with Gasteiger partial charge in [-0.1, -0.05) is 6.07 Å². The molecule has 2 rings (SSSR count). The van der Waals surface area contributed by atoms with E-state index in [1.165, 1.54) is 7.11 Å². The molecule has 1 aromatic heterocycles. The molecule has 0 radical (unpaired) electrons. The number of ether oxygens (including phenoxy) is 1. The van der Waals surface area contributed by atoms with Gasteiger partial charge < -0.3 is 15.0 Å². The van der Waals surface area contributed by atoms with Crippen LogP contribution in [-0.4, -0.2) is 34.6 Å². The summed E-state index contributed by atoms with van der Waals surface area (Å²) in [6.45, 7) is 1.07. The summed E-state index contributed by atoms with van der Waals surface area (Å²) in [4.78, 5) is 17.5. The highest BCUT2D eigenvalue weighted by Crippen LogP contribution is 2.13. The normalized spacial score (nSPS) is 9.76. The molecular weight excluding hydrogens is 336 g/mol. The number of carbonyl (C=O) groups excluding carboxylic acids is 1. The third kappa shape index (κ3) is 5.55. The van der Waals surface area contributed by atoms with Gasteiger partial charge in [0.05, 0.1) is 25.2 Å². The standard InChI is InChI=1S/C18H18N4O2S/c1-24-17(23)15-5-7-16(8-6-15)21-18(25)22(11-3-9-19)13-14-4-2-10-20-12-14/h2,4-8,10,12H,3,11,13H2,1H3,(H,21,25). The lowest BCUT2D eigenvalue weighted by Crippen LogP contribution is -2.35. The van der Waals surface area contributed by atoms with Crippen LogP contribution in [0.5, 0.6) is 0 Å². The molecule has 6 nitrogen and oxygen atoms in total. The molecule has 0 amide bonds. The summed E-state index contributed by atoms with van der Waals surface area (Å²) in [6.07, 6.45) is 3.85. The molecule has 1 aromatic carbocycles. The molecule has 0 aliphatic rings. The second-order valence-corrected chi connectivity index (χ2v) is 5.58. The van der Waals surface area contributed by atoms with Crippen LogP contribution in [0.15, 0.2) is 48.8 Å². The maximum absolute atomic E-state index is 11.5. The number of methoxy groups -OCH3 is 1. The van der Waals surface area contributed by atoms with Gasteiger partial charge in [0.15, 0.2) is 5.11 Å². The number of hydrogen-bond acceptors (Lipinski definition) is 5. The van der Waals surface area contributed by atoms with E-state index in [2.05, 4.69) is 21.1 Å². The fraction of sp³-hybridized carbons (Fsp3) is 0.222. The zero-order valence-corrected chi connectivity index (χ0v) is 14.6. The average molecular weight is 354 g/mol. The number of nitriles is 1. The molecule has 25 heavy (non-hydrogen) atoms. The summed E-state index contributed by atoms with van der Waals surface area (Å²) in [5, 5.41) is 12.5. The van der Waals surface area contributed by atoms with Gasteiger partial charge in [-0.25, -0.2) is 4.79 Å². The maximum Gasteiger partial charge on any atom is 0.337 e. The van der Waals surface area contributed by atoms with E-state index in [1.807, 2.05) is 17.0 Å². The van der Waals surface area contributed by atoms with E-state index < -0.39 is 0 Å². The van der Waals surface area contributed by atoms with E-state index in [-0.39, 0.29) is 5.97 Å². The molecule has 0 bridgehead atoms. The van der Waals surface area contributed by atoms with Gasteiger partial charge in [0.2, 0.25) is 0 Å². The molecular formula is C18H18N4O2S. The van der Waals surface area contributed by atoms with E-state index in [4.69, 9.17) is 17.5 Å². The minimum Gasteiger partial charge on any atom is -0.465 e. The van der Waals surface area contributed by atoms with Crippen molar-refractivity contribution in [3.8, 4) is 6.07 Å². The molecule has 0 saturated heterocycles. The highest BCUT2D eigenvalue weighted by Gasteiger charge is 2.11. The first-order valence-electron chi connectivity index (χ1n) is 7.64. The predicted molar refractivity (Wildman–Crippen MR) is 98.9 cm³/mol. The molecule has 2 aromatic rings. The first kappa shape index (κ1) is 18.4. The average Bonchev–Trinajstić information content (AvgIpc) is 2.65. The van der Waals surface area contributed by atoms with Gasteiger partial charge in [-0.05, 0) is 48.1 Å². The molecule has 1 N–H and O–H groups in total. The SMILES string of the molecule is COC(=O)c1ccc(NC(=S)N(CCC#N)Cc2cccnc2)cc1. The predicted octanol–water partition coefficient (Wildman–Crippen LogP) is 2.98. The Morgan fingerprint density at radius 2 is 2.12 bits per heavy atom. The number of hydrogen-bond donors (Lipinski definition) is 1. The van der Waals surface area contributed by atoms with Gasteiger partial charge in [0, 0.05) is 31.2 Å². The van der Waals surface area contributed by atoms with Crippen molar-refractivity contribution in [1.82, 2.24) is 9.88 Å². The molecule has 0 aliphatic heterocycles. The molecule has 7 heteroatoms. The number of carbonyl (C=O) groups is 1. The summed E-state index contributed by atoms with van der Waals surface area (Å²) in [5.74, 6) is -0.388. The Labute approximate surface area is 152 Å². The maximum atomic E-state index is 11.5. The second-order valence-electron chi connectivity index (χ2n) is 5.19. The highest BCUT2D eigenvalue weighted by atomic mass is 32.1. The first-order chi connectivity index (χ1) is 12.1. The summed E-state index contributed by atoms with van der Waals surface area (Å²) >= 11 is 5.47. The van der Waals surface area contributed by atoms with E-state index in [9.17, 15) is 4.79 Å². The van der Waals surface area contributed by atoms with Crippen molar-refractivity contribution in [1.29, 1.82) is 5.26 Å². The summed E-state index contributed by atoms with van der Waals surface area (Å²) < 4.78 is 4.68. The largest absolute Gasteiger partial charge is 0.465 e. The number of benzene rings is 1. The number of anilines is 1. The summed E-state index contributed by atoms with van der Waals surface area (Å²) in [5.41, 5.74) is 2.23. The van der Waals surface area contributed by atoms with E-state index >= 15 is 0 Å². The quantitative estimate of drug-likeness (QED) is 0.631. The van der Waals surface area contributed by atoms with Crippen LogP contribution >= 0.6 is 12.2 Å². The number of rotatable bonds is 6. The van der Waals surface area contributed by atoms with Crippen LogP contribution in [0.25, 0.3) is 0 Å². The van der Waals surface area contributed by atoms with Gasteiger partial charge in [-0.3, -0.25) is 4.98 Å². The molecule has 0 atom stereocenters. The van der Waals surface area contributed by atoms with Crippen molar-refractivity contribution in [3.63, 3.8) is 0 Å². The third-order valence-electron chi connectivity index (χ3n) is 3.43. The van der Waals surface area contributed by atoms with Crippen molar-refractivity contribution < 1.29 is 9.53 Å². The third-order valence-corrected chi connectivity index (χ3v) is 3.79. The van der Waals surface area contributed by atoms with Gasteiger partial charge >= 0.3 is 5.97 Å². The van der Waals surface area contributed by atoms with Crippen LogP contribution in [0.4, 0.5) is 5.69 Å². The van der Waals surface area contributed by atoms with Crippen molar-refractivity contribution in [2.45, 2.75) is 13.0 Å². The smallest absolute Gasteiger partial charge is 0.337 e. The number of esters is 1. The Balaban J connectivity index is 2.05. The van der Waals surface area contributed by atoms with Gasteiger partial charge in [-0.15, -0.1) is 0 Å². The van der Waals surface area contributed by atoms with Crippen LogP contribution in [0.1, 0.15) is 22.3 Å². The first-order valence-corrected chi connectivity index (χ1v) is 8.05. The van der Waals surface area contributed by atoms with Gasteiger partial charge in [0.25, 0.3) is 0 Å².